The van der Waals surface area contributed by atoms with E-state index in [2.05, 4.69) is 51.0 Å². The van der Waals surface area contributed by atoms with Gasteiger partial charge in [0.2, 0.25) is 0 Å². The van der Waals surface area contributed by atoms with Gasteiger partial charge < -0.3 is 5.32 Å². The monoisotopic (exact) mass is 375 g/mol. The summed E-state index contributed by atoms with van der Waals surface area (Å²) in [6.45, 7) is 4.24. The first-order valence-corrected chi connectivity index (χ1v) is 7.89. The third-order valence-electron chi connectivity index (χ3n) is 2.79. The highest BCUT2D eigenvalue weighted by molar-refractivity contribution is 9.11. The summed E-state index contributed by atoms with van der Waals surface area (Å²) in [4.78, 5) is 12.1. The van der Waals surface area contributed by atoms with Crippen molar-refractivity contribution < 1.29 is 4.79 Å². The van der Waals surface area contributed by atoms with Crippen LogP contribution in [0.1, 0.15) is 49.9 Å². The molecule has 1 N–H and O–H groups in total. The zero-order valence-electron chi connectivity index (χ0n) is 10.8. The average Bonchev–Trinajstić information content (AvgIpc) is 2.32. The van der Waals surface area contributed by atoms with Gasteiger partial charge in [0, 0.05) is 15.0 Å². The fourth-order valence-electron chi connectivity index (χ4n) is 1.75. The van der Waals surface area contributed by atoms with Crippen molar-refractivity contribution in [3.8, 4) is 0 Å². The van der Waals surface area contributed by atoms with Crippen LogP contribution in [0.4, 0.5) is 0 Å². The predicted octanol–water partition coefficient (Wildman–Crippen LogP) is 4.91. The van der Waals surface area contributed by atoms with Gasteiger partial charge in [0.15, 0.2) is 0 Å². The lowest BCUT2D eigenvalue weighted by molar-refractivity contribution is 0.0937. The first kappa shape index (κ1) is 15.7. The molecule has 0 fully saturated rings. The maximum Gasteiger partial charge on any atom is 0.252 e. The molecule has 1 rings (SSSR count). The van der Waals surface area contributed by atoms with Gasteiger partial charge in [-0.15, -0.1) is 0 Å². The summed E-state index contributed by atoms with van der Waals surface area (Å²) in [6.07, 6.45) is 4.63. The molecule has 0 saturated heterocycles. The topological polar surface area (TPSA) is 29.1 Å². The average molecular weight is 377 g/mol. The summed E-state index contributed by atoms with van der Waals surface area (Å²) in [5.74, 6) is -0.0211. The Morgan fingerprint density at radius 1 is 1.33 bits per heavy atom. The normalized spacial score (nSPS) is 12.2. The maximum atomic E-state index is 12.1. The van der Waals surface area contributed by atoms with Gasteiger partial charge in [-0.25, -0.2) is 0 Å². The highest BCUT2D eigenvalue weighted by atomic mass is 79.9. The van der Waals surface area contributed by atoms with Crippen LogP contribution in [-0.2, 0) is 0 Å². The van der Waals surface area contributed by atoms with E-state index in [1.165, 1.54) is 12.8 Å². The van der Waals surface area contributed by atoms with E-state index in [1.807, 2.05) is 18.2 Å². The molecule has 100 valence electrons. The number of amides is 1. The van der Waals surface area contributed by atoms with Gasteiger partial charge in [-0.3, -0.25) is 4.79 Å². The Bertz CT molecular complexity index is 407. The number of benzene rings is 1. The lowest BCUT2D eigenvalue weighted by atomic mass is 10.1. The van der Waals surface area contributed by atoms with Crippen LogP contribution in [0.25, 0.3) is 0 Å². The lowest BCUT2D eigenvalue weighted by Gasteiger charge is -2.14. The van der Waals surface area contributed by atoms with Crippen molar-refractivity contribution in [1.82, 2.24) is 5.32 Å². The van der Waals surface area contributed by atoms with Crippen molar-refractivity contribution in [2.75, 3.05) is 0 Å². The number of unbranched alkanes of at least 4 members (excludes halogenated alkanes) is 2. The van der Waals surface area contributed by atoms with Gasteiger partial charge in [0.1, 0.15) is 0 Å². The first-order chi connectivity index (χ1) is 8.54. The molecule has 0 saturated carbocycles. The smallest absolute Gasteiger partial charge is 0.252 e. The van der Waals surface area contributed by atoms with Crippen LogP contribution in [0.5, 0.6) is 0 Å². The van der Waals surface area contributed by atoms with Crippen LogP contribution in [0.3, 0.4) is 0 Å². The zero-order chi connectivity index (χ0) is 13.5. The number of nitrogens with one attached hydrogen (secondary N) is 1. The number of carbonyl (C=O) groups is 1. The van der Waals surface area contributed by atoms with Gasteiger partial charge in [-0.1, -0.05) is 42.1 Å². The number of rotatable bonds is 6. The number of hydrogen-bond acceptors (Lipinski definition) is 1. The third-order valence-corrected chi connectivity index (χ3v) is 3.98. The summed E-state index contributed by atoms with van der Waals surface area (Å²) < 4.78 is 1.73. The number of hydrogen-bond donors (Lipinski definition) is 1. The molecule has 18 heavy (non-hydrogen) atoms. The summed E-state index contributed by atoms with van der Waals surface area (Å²) >= 11 is 6.78. The largest absolute Gasteiger partial charge is 0.350 e. The van der Waals surface area contributed by atoms with E-state index in [0.717, 1.165) is 21.8 Å². The summed E-state index contributed by atoms with van der Waals surface area (Å²) in [5, 5.41) is 3.03. The van der Waals surface area contributed by atoms with Crippen molar-refractivity contribution in [3.63, 3.8) is 0 Å². The lowest BCUT2D eigenvalue weighted by Crippen LogP contribution is -2.32. The minimum Gasteiger partial charge on any atom is -0.350 e. The Balaban J connectivity index is 2.56. The van der Waals surface area contributed by atoms with E-state index >= 15 is 0 Å². The van der Waals surface area contributed by atoms with Crippen LogP contribution in [-0.4, -0.2) is 11.9 Å². The van der Waals surface area contributed by atoms with Gasteiger partial charge in [-0.05, 0) is 47.5 Å². The second-order valence-electron chi connectivity index (χ2n) is 4.49. The van der Waals surface area contributed by atoms with Gasteiger partial charge in [0.05, 0.1) is 5.56 Å². The molecule has 0 heterocycles. The molecule has 1 unspecified atom stereocenters. The van der Waals surface area contributed by atoms with Gasteiger partial charge >= 0.3 is 0 Å². The molecule has 2 nitrogen and oxygen atoms in total. The van der Waals surface area contributed by atoms with E-state index in [9.17, 15) is 4.79 Å². The van der Waals surface area contributed by atoms with Crippen LogP contribution >= 0.6 is 31.9 Å². The Kier molecular flexibility index (Phi) is 6.94. The molecule has 1 aromatic carbocycles. The molecular weight excluding hydrogens is 358 g/mol. The molecule has 0 aliphatic carbocycles. The van der Waals surface area contributed by atoms with Crippen molar-refractivity contribution in [2.45, 2.75) is 45.6 Å². The van der Waals surface area contributed by atoms with E-state index in [4.69, 9.17) is 0 Å². The first-order valence-electron chi connectivity index (χ1n) is 6.30. The van der Waals surface area contributed by atoms with Crippen molar-refractivity contribution in [2.24, 2.45) is 0 Å². The minimum atomic E-state index is -0.0211. The highest BCUT2D eigenvalue weighted by Crippen LogP contribution is 2.21. The van der Waals surface area contributed by atoms with Crippen LogP contribution in [0, 0.1) is 0 Å². The molecule has 0 aliphatic heterocycles. The summed E-state index contributed by atoms with van der Waals surface area (Å²) in [5.41, 5.74) is 0.673. The molecule has 1 atom stereocenters. The van der Waals surface area contributed by atoms with E-state index in [-0.39, 0.29) is 11.9 Å². The molecule has 0 aliphatic rings. The molecule has 0 radical (unpaired) electrons. The Labute approximate surface area is 126 Å². The molecule has 1 aromatic rings. The quantitative estimate of drug-likeness (QED) is 0.702. The zero-order valence-corrected chi connectivity index (χ0v) is 14.0. The van der Waals surface area contributed by atoms with Gasteiger partial charge in [0.25, 0.3) is 5.91 Å². The number of carbonyl (C=O) groups excluding carboxylic acids is 1. The predicted molar refractivity (Wildman–Crippen MR) is 82.9 cm³/mol. The second-order valence-corrected chi connectivity index (χ2v) is 6.26. The molecular formula is C14H19Br2NO. The van der Waals surface area contributed by atoms with Crippen molar-refractivity contribution in [3.05, 3.63) is 32.7 Å². The minimum absolute atomic E-state index is 0.0211. The maximum absolute atomic E-state index is 12.1. The fourth-order valence-corrected chi connectivity index (χ4v) is 2.53. The van der Waals surface area contributed by atoms with E-state index in [1.54, 1.807) is 0 Å². The Hall–Kier alpha value is -0.350. The van der Waals surface area contributed by atoms with Crippen LogP contribution in [0.2, 0.25) is 0 Å². The van der Waals surface area contributed by atoms with E-state index in [0.29, 0.717) is 5.56 Å². The Morgan fingerprint density at radius 2 is 2.06 bits per heavy atom. The van der Waals surface area contributed by atoms with Crippen molar-refractivity contribution in [1.29, 1.82) is 0 Å². The van der Waals surface area contributed by atoms with Crippen LogP contribution in [0.15, 0.2) is 27.1 Å². The molecule has 1 amide bonds. The SMILES string of the molecule is CCCCCC(C)NC(=O)c1cc(Br)ccc1Br. The van der Waals surface area contributed by atoms with Crippen LogP contribution < -0.4 is 5.32 Å². The summed E-state index contributed by atoms with van der Waals surface area (Å²) in [6, 6.07) is 5.83. The number of halogens is 2. The molecule has 4 heteroatoms. The van der Waals surface area contributed by atoms with E-state index < -0.39 is 0 Å². The van der Waals surface area contributed by atoms with Crippen molar-refractivity contribution >= 4 is 37.8 Å². The standard InChI is InChI=1S/C14H19Br2NO/c1-3-4-5-6-10(2)17-14(18)12-9-11(15)7-8-13(12)16/h7-10H,3-6H2,1-2H3,(H,17,18). The van der Waals surface area contributed by atoms with Gasteiger partial charge in [-0.2, -0.15) is 0 Å². The highest BCUT2D eigenvalue weighted by Gasteiger charge is 2.12. The summed E-state index contributed by atoms with van der Waals surface area (Å²) in [7, 11) is 0. The Morgan fingerprint density at radius 3 is 2.72 bits per heavy atom. The molecule has 0 aromatic heterocycles. The third kappa shape index (κ3) is 5.11. The second kappa shape index (κ2) is 7.95. The molecule has 0 spiro atoms. The fraction of sp³-hybridized carbons (Fsp3) is 0.500. The molecule has 0 bridgehead atoms.